The van der Waals surface area contributed by atoms with Crippen LogP contribution in [0.25, 0.3) is 5.69 Å². The maximum Gasteiger partial charge on any atom is 0.242 e. The van der Waals surface area contributed by atoms with E-state index in [0.717, 1.165) is 21.1 Å². The minimum absolute atomic E-state index is 0.0658. The number of hydrogen-bond donors (Lipinski definition) is 1. The third-order valence-corrected chi connectivity index (χ3v) is 7.11. The molecule has 9 nitrogen and oxygen atoms in total. The van der Waals surface area contributed by atoms with Crippen molar-refractivity contribution in [1.29, 1.82) is 0 Å². The predicted octanol–water partition coefficient (Wildman–Crippen LogP) is 2.26. The molecule has 0 saturated carbocycles. The van der Waals surface area contributed by atoms with E-state index < -0.39 is 10.0 Å². The first-order valence-corrected chi connectivity index (χ1v) is 11.4. The zero-order chi connectivity index (χ0) is 21.9. The summed E-state index contributed by atoms with van der Waals surface area (Å²) in [5.74, 6) is -0.224. The number of nitrogens with zero attached hydrogens (tertiary/aromatic N) is 5. The van der Waals surface area contributed by atoms with Gasteiger partial charge in [0.05, 0.1) is 16.3 Å². The molecule has 11 heteroatoms. The van der Waals surface area contributed by atoms with Gasteiger partial charge in [-0.15, -0.1) is 5.10 Å². The number of para-hydroxylation sites is 1. The summed E-state index contributed by atoms with van der Waals surface area (Å²) >= 11 is 1.19. The van der Waals surface area contributed by atoms with Crippen LogP contribution >= 0.6 is 11.8 Å². The first-order chi connectivity index (χ1) is 14.2. The molecule has 3 rings (SSSR count). The van der Waals surface area contributed by atoms with Crippen molar-refractivity contribution in [3.05, 3.63) is 53.6 Å². The van der Waals surface area contributed by atoms with Gasteiger partial charge in [-0.1, -0.05) is 36.0 Å². The van der Waals surface area contributed by atoms with Gasteiger partial charge in [-0.2, -0.15) is 4.68 Å². The SMILES string of the molecule is Cc1ccc(S(=O)(=O)N(C)C)cc1NC(=O)CSc1nnnn1-c1ccccc1C. The fraction of sp³-hybridized carbons (Fsp3) is 0.263. The zero-order valence-corrected chi connectivity index (χ0v) is 18.7. The first kappa shape index (κ1) is 21.9. The second-order valence-corrected chi connectivity index (χ2v) is 9.86. The highest BCUT2D eigenvalue weighted by Crippen LogP contribution is 2.24. The minimum Gasteiger partial charge on any atom is -0.325 e. The van der Waals surface area contributed by atoms with Gasteiger partial charge >= 0.3 is 0 Å². The van der Waals surface area contributed by atoms with Crippen molar-refractivity contribution in [2.75, 3.05) is 25.2 Å². The monoisotopic (exact) mass is 446 g/mol. The van der Waals surface area contributed by atoms with E-state index in [4.69, 9.17) is 0 Å². The largest absolute Gasteiger partial charge is 0.325 e. The van der Waals surface area contributed by atoms with Gasteiger partial charge < -0.3 is 5.32 Å². The summed E-state index contributed by atoms with van der Waals surface area (Å²) in [4.78, 5) is 12.6. The lowest BCUT2D eigenvalue weighted by Crippen LogP contribution is -2.22. The van der Waals surface area contributed by atoms with Crippen LogP contribution in [0.5, 0.6) is 0 Å². The molecule has 0 saturated heterocycles. The number of aromatic nitrogens is 4. The molecule has 158 valence electrons. The highest BCUT2D eigenvalue weighted by Gasteiger charge is 2.19. The Balaban J connectivity index is 1.73. The molecule has 0 bridgehead atoms. The van der Waals surface area contributed by atoms with E-state index in [0.29, 0.717) is 10.8 Å². The van der Waals surface area contributed by atoms with E-state index in [-0.39, 0.29) is 16.6 Å². The first-order valence-electron chi connectivity index (χ1n) is 9.00. The molecule has 0 aliphatic carbocycles. The Morgan fingerprint density at radius 3 is 2.57 bits per heavy atom. The average Bonchev–Trinajstić information content (AvgIpc) is 3.16. The summed E-state index contributed by atoms with van der Waals surface area (Å²) in [6, 6.07) is 12.3. The Morgan fingerprint density at radius 1 is 1.13 bits per heavy atom. The molecule has 1 heterocycles. The number of nitrogens with one attached hydrogen (secondary N) is 1. The van der Waals surface area contributed by atoms with Gasteiger partial charge in [0, 0.05) is 19.8 Å². The van der Waals surface area contributed by atoms with Crippen LogP contribution in [0.1, 0.15) is 11.1 Å². The number of aryl methyl sites for hydroxylation is 2. The van der Waals surface area contributed by atoms with Gasteiger partial charge in [0.2, 0.25) is 21.1 Å². The van der Waals surface area contributed by atoms with Gasteiger partial charge in [0.1, 0.15) is 0 Å². The van der Waals surface area contributed by atoms with Crippen LogP contribution < -0.4 is 5.32 Å². The number of benzene rings is 2. The summed E-state index contributed by atoms with van der Waals surface area (Å²) < 4.78 is 27.4. The van der Waals surface area contributed by atoms with Gasteiger partial charge in [-0.25, -0.2) is 12.7 Å². The van der Waals surface area contributed by atoms with Crippen molar-refractivity contribution in [3.8, 4) is 5.69 Å². The van der Waals surface area contributed by atoms with Crippen LogP contribution in [0.4, 0.5) is 5.69 Å². The van der Waals surface area contributed by atoms with E-state index in [2.05, 4.69) is 20.8 Å². The van der Waals surface area contributed by atoms with E-state index in [1.165, 1.54) is 38.0 Å². The number of thioether (sulfide) groups is 1. The van der Waals surface area contributed by atoms with Gasteiger partial charge in [-0.3, -0.25) is 4.79 Å². The average molecular weight is 447 g/mol. The lowest BCUT2D eigenvalue weighted by atomic mass is 10.2. The summed E-state index contributed by atoms with van der Waals surface area (Å²) in [5.41, 5.74) is 3.05. The predicted molar refractivity (Wildman–Crippen MR) is 115 cm³/mol. The van der Waals surface area contributed by atoms with Crippen LogP contribution in [0, 0.1) is 13.8 Å². The standard InChI is InChI=1S/C19H22N6O3S2/c1-13-9-10-15(30(27,28)24(3)4)11-16(13)20-18(26)12-29-19-21-22-23-25(19)17-8-6-5-7-14(17)2/h5-11H,12H2,1-4H3,(H,20,26). The van der Waals surface area contributed by atoms with E-state index in [9.17, 15) is 13.2 Å². The van der Waals surface area contributed by atoms with Crippen molar-refractivity contribution in [2.24, 2.45) is 0 Å². The quantitative estimate of drug-likeness (QED) is 0.554. The van der Waals surface area contributed by atoms with E-state index >= 15 is 0 Å². The highest BCUT2D eigenvalue weighted by molar-refractivity contribution is 7.99. The minimum atomic E-state index is -3.59. The summed E-state index contributed by atoms with van der Waals surface area (Å²) in [6.45, 7) is 3.75. The Morgan fingerprint density at radius 2 is 1.87 bits per heavy atom. The Bertz CT molecular complexity index is 1170. The molecule has 2 aromatic carbocycles. The lowest BCUT2D eigenvalue weighted by molar-refractivity contribution is -0.113. The maximum atomic E-state index is 12.5. The molecule has 0 unspecified atom stereocenters. The van der Waals surface area contributed by atoms with Gasteiger partial charge in [-0.05, 0) is 53.6 Å². The topological polar surface area (TPSA) is 110 Å². The number of tetrazole rings is 1. The molecule has 1 aromatic heterocycles. The Hall–Kier alpha value is -2.76. The Kier molecular flexibility index (Phi) is 6.54. The van der Waals surface area contributed by atoms with Gasteiger partial charge in [0.15, 0.2) is 0 Å². The van der Waals surface area contributed by atoms with Crippen molar-refractivity contribution in [2.45, 2.75) is 23.9 Å². The molecule has 0 aliphatic heterocycles. The zero-order valence-electron chi connectivity index (χ0n) is 17.0. The summed E-state index contributed by atoms with van der Waals surface area (Å²) in [7, 11) is -0.671. The third-order valence-electron chi connectivity index (χ3n) is 4.38. The van der Waals surface area contributed by atoms with E-state index in [1.54, 1.807) is 17.7 Å². The molecule has 1 amide bonds. The fourth-order valence-electron chi connectivity index (χ4n) is 2.64. The lowest BCUT2D eigenvalue weighted by Gasteiger charge is -2.14. The molecule has 1 N–H and O–H groups in total. The number of carbonyl (C=O) groups excluding carboxylic acids is 1. The van der Waals surface area contributed by atoms with Crippen molar-refractivity contribution in [3.63, 3.8) is 0 Å². The van der Waals surface area contributed by atoms with Crippen molar-refractivity contribution >= 4 is 33.4 Å². The number of sulfonamides is 1. The normalized spacial score (nSPS) is 11.6. The van der Waals surface area contributed by atoms with Crippen LogP contribution in [0.2, 0.25) is 0 Å². The second-order valence-electron chi connectivity index (χ2n) is 6.76. The number of carbonyl (C=O) groups is 1. The van der Waals surface area contributed by atoms with E-state index in [1.807, 2.05) is 31.2 Å². The number of hydrogen-bond acceptors (Lipinski definition) is 7. The molecule has 30 heavy (non-hydrogen) atoms. The van der Waals surface area contributed by atoms with Crippen LogP contribution in [-0.4, -0.2) is 58.7 Å². The van der Waals surface area contributed by atoms with Crippen molar-refractivity contribution in [1.82, 2.24) is 24.5 Å². The number of anilines is 1. The van der Waals surface area contributed by atoms with Crippen LogP contribution in [0.15, 0.2) is 52.5 Å². The molecule has 0 radical (unpaired) electrons. The maximum absolute atomic E-state index is 12.5. The molecule has 0 fully saturated rings. The molecule has 0 aliphatic rings. The molecular weight excluding hydrogens is 424 g/mol. The molecular formula is C19H22N6O3S2. The fourth-order valence-corrected chi connectivity index (χ4v) is 4.26. The van der Waals surface area contributed by atoms with Crippen LogP contribution in [-0.2, 0) is 14.8 Å². The van der Waals surface area contributed by atoms with Crippen molar-refractivity contribution < 1.29 is 13.2 Å². The summed E-state index contributed by atoms with van der Waals surface area (Å²) in [5, 5.41) is 15.0. The molecule has 0 atom stereocenters. The molecule has 3 aromatic rings. The van der Waals surface area contributed by atoms with Gasteiger partial charge in [0.25, 0.3) is 0 Å². The second kappa shape index (κ2) is 8.94. The highest BCUT2D eigenvalue weighted by atomic mass is 32.2. The number of amides is 1. The Labute approximate surface area is 179 Å². The number of rotatable bonds is 7. The molecule has 0 spiro atoms. The van der Waals surface area contributed by atoms with Crippen LogP contribution in [0.3, 0.4) is 0 Å². The smallest absolute Gasteiger partial charge is 0.242 e. The summed E-state index contributed by atoms with van der Waals surface area (Å²) in [6.07, 6.45) is 0. The third kappa shape index (κ3) is 4.69.